The summed E-state index contributed by atoms with van der Waals surface area (Å²) in [5.74, 6) is 0.381. The predicted octanol–water partition coefficient (Wildman–Crippen LogP) is 3.91. The second kappa shape index (κ2) is 9.71. The molecule has 0 spiro atoms. The quantitative estimate of drug-likeness (QED) is 0.697. The smallest absolute Gasteiger partial charge is 0.248 e. The van der Waals surface area contributed by atoms with Crippen molar-refractivity contribution in [2.45, 2.75) is 31.1 Å². The van der Waals surface area contributed by atoms with Crippen molar-refractivity contribution in [3.8, 4) is 5.75 Å². The van der Waals surface area contributed by atoms with Crippen molar-refractivity contribution in [3.63, 3.8) is 0 Å². The Hall–Kier alpha value is -2.64. The van der Waals surface area contributed by atoms with E-state index in [9.17, 15) is 13.2 Å². The molecule has 7 heteroatoms. The number of hydrogen-bond donors (Lipinski definition) is 1. The molecule has 1 saturated heterocycles. The summed E-state index contributed by atoms with van der Waals surface area (Å²) >= 11 is 0. The van der Waals surface area contributed by atoms with Crippen LogP contribution in [0.5, 0.6) is 5.75 Å². The monoisotopic (exact) mass is 414 g/mol. The van der Waals surface area contributed by atoms with Crippen LogP contribution >= 0.6 is 0 Å². The first-order valence-corrected chi connectivity index (χ1v) is 11.3. The van der Waals surface area contributed by atoms with Gasteiger partial charge < -0.3 is 10.1 Å². The Labute approximate surface area is 172 Å². The van der Waals surface area contributed by atoms with E-state index < -0.39 is 10.0 Å². The Morgan fingerprint density at radius 3 is 2.45 bits per heavy atom. The molecular weight excluding hydrogens is 388 g/mol. The van der Waals surface area contributed by atoms with Gasteiger partial charge in [-0.3, -0.25) is 4.79 Å². The van der Waals surface area contributed by atoms with Crippen LogP contribution in [0.15, 0.2) is 59.5 Å². The van der Waals surface area contributed by atoms with Gasteiger partial charge in [-0.15, -0.1) is 0 Å². The van der Waals surface area contributed by atoms with E-state index >= 15 is 0 Å². The molecule has 0 aliphatic carbocycles. The molecule has 1 heterocycles. The van der Waals surface area contributed by atoms with Crippen molar-refractivity contribution < 1.29 is 17.9 Å². The fraction of sp³-hybridized carbons (Fsp3) is 0.318. The summed E-state index contributed by atoms with van der Waals surface area (Å²) < 4.78 is 32.9. The van der Waals surface area contributed by atoms with Crippen LogP contribution in [0.2, 0.25) is 0 Å². The number of amides is 1. The maximum Gasteiger partial charge on any atom is 0.248 e. The highest BCUT2D eigenvalue weighted by atomic mass is 32.2. The molecule has 0 aromatic heterocycles. The fourth-order valence-electron chi connectivity index (χ4n) is 3.23. The Bertz CT molecular complexity index is 963. The Morgan fingerprint density at radius 2 is 1.76 bits per heavy atom. The van der Waals surface area contributed by atoms with E-state index in [-0.39, 0.29) is 10.8 Å². The largest absolute Gasteiger partial charge is 0.494 e. The number of nitrogens with one attached hydrogen (secondary N) is 1. The van der Waals surface area contributed by atoms with E-state index in [1.807, 2.05) is 31.2 Å². The summed E-state index contributed by atoms with van der Waals surface area (Å²) in [6.45, 7) is 3.54. The minimum atomic E-state index is -3.64. The topological polar surface area (TPSA) is 75.7 Å². The summed E-state index contributed by atoms with van der Waals surface area (Å²) in [7, 11) is -3.64. The van der Waals surface area contributed by atoms with Crippen LogP contribution in [0.4, 0.5) is 5.69 Å². The van der Waals surface area contributed by atoms with E-state index in [0.29, 0.717) is 25.4 Å². The number of piperidine rings is 1. The molecular formula is C22H26N2O4S. The lowest BCUT2D eigenvalue weighted by Crippen LogP contribution is -2.36. The highest BCUT2D eigenvalue weighted by Crippen LogP contribution is 2.26. The van der Waals surface area contributed by atoms with Gasteiger partial charge >= 0.3 is 0 Å². The van der Waals surface area contributed by atoms with Crippen molar-refractivity contribution in [1.82, 2.24) is 4.31 Å². The number of hydrogen-bond acceptors (Lipinski definition) is 4. The minimum absolute atomic E-state index is 0.129. The number of nitrogens with zero attached hydrogens (tertiary/aromatic N) is 1. The number of carbonyl (C=O) groups is 1. The molecule has 0 atom stereocenters. The molecule has 154 valence electrons. The molecule has 0 bridgehead atoms. The third kappa shape index (κ3) is 5.46. The number of anilines is 1. The molecule has 1 N–H and O–H groups in total. The molecule has 1 fully saturated rings. The maximum atomic E-state index is 13.0. The van der Waals surface area contributed by atoms with Crippen molar-refractivity contribution in [2.75, 3.05) is 25.0 Å². The second-order valence-corrected chi connectivity index (χ2v) is 8.69. The Balaban J connectivity index is 1.72. The second-order valence-electron chi connectivity index (χ2n) is 6.79. The first-order chi connectivity index (χ1) is 14.0. The van der Waals surface area contributed by atoms with Gasteiger partial charge in [0, 0.05) is 19.2 Å². The lowest BCUT2D eigenvalue weighted by atomic mass is 10.2. The summed E-state index contributed by atoms with van der Waals surface area (Å²) in [5, 5.41) is 2.70. The van der Waals surface area contributed by atoms with E-state index in [4.69, 9.17) is 4.74 Å². The molecule has 0 radical (unpaired) electrons. The van der Waals surface area contributed by atoms with Crippen molar-refractivity contribution in [3.05, 3.63) is 60.2 Å². The zero-order valence-electron chi connectivity index (χ0n) is 16.5. The molecule has 1 aliphatic heterocycles. The van der Waals surface area contributed by atoms with Gasteiger partial charge in [-0.2, -0.15) is 4.31 Å². The van der Waals surface area contributed by atoms with Gasteiger partial charge in [0.25, 0.3) is 0 Å². The average Bonchev–Trinajstić information content (AvgIpc) is 2.74. The Kier molecular flexibility index (Phi) is 7.06. The Morgan fingerprint density at radius 1 is 1.07 bits per heavy atom. The lowest BCUT2D eigenvalue weighted by molar-refractivity contribution is -0.111. The number of carbonyl (C=O) groups excluding carboxylic acids is 1. The number of sulfonamides is 1. The number of para-hydroxylation sites is 1. The lowest BCUT2D eigenvalue weighted by Gasteiger charge is -2.26. The molecule has 0 saturated carbocycles. The highest BCUT2D eigenvalue weighted by molar-refractivity contribution is 7.89. The van der Waals surface area contributed by atoms with E-state index in [0.717, 1.165) is 30.6 Å². The fourth-order valence-corrected chi connectivity index (χ4v) is 4.89. The van der Waals surface area contributed by atoms with Gasteiger partial charge in [0.05, 0.1) is 12.3 Å². The van der Waals surface area contributed by atoms with Gasteiger partial charge in [-0.05, 0) is 55.7 Å². The predicted molar refractivity (Wildman–Crippen MR) is 114 cm³/mol. The minimum Gasteiger partial charge on any atom is -0.494 e. The summed E-state index contributed by atoms with van der Waals surface area (Å²) in [6.07, 6.45) is 5.82. The molecule has 29 heavy (non-hydrogen) atoms. The molecule has 6 nitrogen and oxygen atoms in total. The van der Waals surface area contributed by atoms with Crippen LogP contribution in [0.3, 0.4) is 0 Å². The number of benzene rings is 2. The number of ether oxygens (including phenoxy) is 1. The van der Waals surface area contributed by atoms with Gasteiger partial charge in [0.2, 0.25) is 15.9 Å². The third-order valence-electron chi connectivity index (χ3n) is 4.70. The van der Waals surface area contributed by atoms with Crippen LogP contribution in [-0.2, 0) is 14.8 Å². The molecule has 1 amide bonds. The van der Waals surface area contributed by atoms with Gasteiger partial charge in [-0.25, -0.2) is 8.42 Å². The zero-order chi connectivity index (χ0) is 20.7. The van der Waals surface area contributed by atoms with E-state index in [2.05, 4.69) is 5.32 Å². The first kappa shape index (κ1) is 21.1. The maximum absolute atomic E-state index is 13.0. The summed E-state index contributed by atoms with van der Waals surface area (Å²) in [5.41, 5.74) is 1.14. The zero-order valence-corrected chi connectivity index (χ0v) is 17.3. The molecule has 0 unspecified atom stereocenters. The van der Waals surface area contributed by atoms with E-state index in [1.165, 1.54) is 16.4 Å². The third-order valence-corrected chi connectivity index (χ3v) is 6.65. The van der Waals surface area contributed by atoms with Crippen molar-refractivity contribution in [1.29, 1.82) is 0 Å². The number of rotatable bonds is 7. The standard InChI is InChI=1S/C22H26N2O4S/c1-2-28-19-13-10-18(11-14-19)12-15-22(25)23-20-8-4-5-9-21(20)29(26,27)24-16-6-3-7-17-24/h4-5,8-15H,2-3,6-7,16-17H2,1H3,(H,23,25). The molecule has 3 rings (SSSR count). The molecule has 1 aliphatic rings. The molecule has 2 aromatic rings. The van der Waals surface area contributed by atoms with Crippen LogP contribution in [0, 0.1) is 0 Å². The normalized spacial score (nSPS) is 15.3. The molecule has 2 aromatic carbocycles. The van der Waals surface area contributed by atoms with Gasteiger partial charge in [0.1, 0.15) is 10.6 Å². The van der Waals surface area contributed by atoms with Crippen molar-refractivity contribution in [2.24, 2.45) is 0 Å². The van der Waals surface area contributed by atoms with Gasteiger partial charge in [-0.1, -0.05) is 30.7 Å². The first-order valence-electron chi connectivity index (χ1n) is 9.82. The average molecular weight is 415 g/mol. The summed E-state index contributed by atoms with van der Waals surface area (Å²) in [4.78, 5) is 12.5. The van der Waals surface area contributed by atoms with Crippen molar-refractivity contribution >= 4 is 27.7 Å². The van der Waals surface area contributed by atoms with Crippen LogP contribution in [0.1, 0.15) is 31.7 Å². The van der Waals surface area contributed by atoms with Gasteiger partial charge in [0.15, 0.2) is 0 Å². The van der Waals surface area contributed by atoms with Crippen LogP contribution < -0.4 is 10.1 Å². The summed E-state index contributed by atoms with van der Waals surface area (Å²) in [6, 6.07) is 13.9. The SMILES string of the molecule is CCOc1ccc(C=CC(=O)Nc2ccccc2S(=O)(=O)N2CCCCC2)cc1. The highest BCUT2D eigenvalue weighted by Gasteiger charge is 2.28. The van der Waals surface area contributed by atoms with Crippen LogP contribution in [-0.4, -0.2) is 38.3 Å². The van der Waals surface area contributed by atoms with Crippen LogP contribution in [0.25, 0.3) is 6.08 Å². The van der Waals surface area contributed by atoms with E-state index in [1.54, 1.807) is 24.3 Å².